The maximum atomic E-state index is 11.2. The number of nitrogens with one attached hydrogen (secondary N) is 1. The first-order valence-electron chi connectivity index (χ1n) is 6.12. The van der Waals surface area contributed by atoms with Gasteiger partial charge in [0.25, 0.3) is 0 Å². The minimum atomic E-state index is -0.446. The molecule has 102 valence electrons. The Morgan fingerprint density at radius 2 is 2.32 bits per heavy atom. The van der Waals surface area contributed by atoms with E-state index in [9.17, 15) is 4.79 Å². The van der Waals surface area contributed by atoms with Crippen LogP contribution in [-0.2, 0) is 17.7 Å². The molecule has 0 aromatic carbocycles. The molecule has 0 radical (unpaired) electrons. The fourth-order valence-corrected chi connectivity index (χ4v) is 2.60. The highest BCUT2D eigenvalue weighted by Gasteiger charge is 2.11. The molecule has 0 fully saturated rings. The van der Waals surface area contributed by atoms with Gasteiger partial charge in [-0.25, -0.2) is 4.79 Å². The number of esters is 1. The van der Waals surface area contributed by atoms with Crippen LogP contribution in [0.1, 0.15) is 28.1 Å². The molecule has 1 atom stereocenters. The molecule has 5 heteroatoms. The second-order valence-corrected chi connectivity index (χ2v) is 5.36. The van der Waals surface area contributed by atoms with E-state index in [1.54, 1.807) is 23.5 Å². The van der Waals surface area contributed by atoms with Crippen LogP contribution >= 0.6 is 11.3 Å². The minimum Gasteiger partial charge on any atom is -0.463 e. The number of methoxy groups -OCH3 is 1. The number of furan rings is 1. The lowest BCUT2D eigenvalue weighted by molar-refractivity contribution is 0.0563. The van der Waals surface area contributed by atoms with Gasteiger partial charge in [0.1, 0.15) is 5.76 Å². The summed E-state index contributed by atoms with van der Waals surface area (Å²) in [6.07, 6.45) is 0.988. The standard InChI is InChI=1S/C14H17NO3S/c1-10(8-12-4-3-7-19-12)15-9-11-5-6-13(18-11)14(16)17-2/h3-7,10,15H,8-9H2,1-2H3. The molecule has 0 aliphatic rings. The molecule has 4 nitrogen and oxygen atoms in total. The quantitative estimate of drug-likeness (QED) is 0.826. The third-order valence-corrected chi connectivity index (χ3v) is 3.66. The van der Waals surface area contributed by atoms with Gasteiger partial charge in [0.05, 0.1) is 13.7 Å². The van der Waals surface area contributed by atoms with E-state index < -0.39 is 5.97 Å². The average molecular weight is 279 g/mol. The summed E-state index contributed by atoms with van der Waals surface area (Å²) in [5.74, 6) is 0.529. The van der Waals surface area contributed by atoms with E-state index in [-0.39, 0.29) is 5.76 Å². The number of carbonyl (C=O) groups is 1. The van der Waals surface area contributed by atoms with E-state index >= 15 is 0 Å². The number of hydrogen-bond donors (Lipinski definition) is 1. The number of carbonyl (C=O) groups excluding carboxylic acids is 1. The van der Waals surface area contributed by atoms with Crippen LogP contribution in [0.5, 0.6) is 0 Å². The third-order valence-electron chi connectivity index (χ3n) is 2.76. The Labute approximate surface area is 116 Å². The summed E-state index contributed by atoms with van der Waals surface area (Å²) in [5.41, 5.74) is 0. The maximum absolute atomic E-state index is 11.2. The van der Waals surface area contributed by atoms with Gasteiger partial charge in [0.15, 0.2) is 0 Å². The second-order valence-electron chi connectivity index (χ2n) is 4.32. The van der Waals surface area contributed by atoms with Gasteiger partial charge in [-0.2, -0.15) is 0 Å². The lowest BCUT2D eigenvalue weighted by Gasteiger charge is -2.11. The molecule has 0 spiro atoms. The van der Waals surface area contributed by atoms with Crippen molar-refractivity contribution in [2.24, 2.45) is 0 Å². The zero-order chi connectivity index (χ0) is 13.7. The SMILES string of the molecule is COC(=O)c1ccc(CNC(C)Cc2cccs2)o1. The highest BCUT2D eigenvalue weighted by atomic mass is 32.1. The summed E-state index contributed by atoms with van der Waals surface area (Å²) >= 11 is 1.76. The summed E-state index contributed by atoms with van der Waals surface area (Å²) < 4.78 is 9.98. The Morgan fingerprint density at radius 1 is 1.47 bits per heavy atom. The van der Waals surface area contributed by atoms with Crippen LogP contribution in [0.4, 0.5) is 0 Å². The van der Waals surface area contributed by atoms with Crippen LogP contribution in [0, 0.1) is 0 Å². The zero-order valence-corrected chi connectivity index (χ0v) is 11.8. The summed E-state index contributed by atoms with van der Waals surface area (Å²) in [6, 6.07) is 7.96. The minimum absolute atomic E-state index is 0.241. The highest BCUT2D eigenvalue weighted by molar-refractivity contribution is 7.09. The first kappa shape index (κ1) is 13.8. The molecule has 2 rings (SSSR count). The van der Waals surface area contributed by atoms with E-state index in [0.29, 0.717) is 12.6 Å². The first-order valence-corrected chi connectivity index (χ1v) is 7.00. The fourth-order valence-electron chi connectivity index (χ4n) is 1.76. The van der Waals surface area contributed by atoms with E-state index in [0.717, 1.165) is 12.2 Å². The van der Waals surface area contributed by atoms with Crippen molar-refractivity contribution in [2.45, 2.75) is 25.9 Å². The predicted molar refractivity (Wildman–Crippen MR) is 74.4 cm³/mol. The molecular weight excluding hydrogens is 262 g/mol. The van der Waals surface area contributed by atoms with E-state index in [1.807, 2.05) is 0 Å². The Morgan fingerprint density at radius 3 is 3.00 bits per heavy atom. The molecule has 0 aliphatic heterocycles. The molecule has 19 heavy (non-hydrogen) atoms. The van der Waals surface area contributed by atoms with Crippen molar-refractivity contribution in [2.75, 3.05) is 7.11 Å². The van der Waals surface area contributed by atoms with Gasteiger partial charge in [-0.3, -0.25) is 0 Å². The van der Waals surface area contributed by atoms with Crippen molar-refractivity contribution < 1.29 is 13.9 Å². The topological polar surface area (TPSA) is 51.5 Å². The molecule has 0 saturated heterocycles. The van der Waals surface area contributed by atoms with Gasteiger partial charge < -0.3 is 14.5 Å². The number of hydrogen-bond acceptors (Lipinski definition) is 5. The van der Waals surface area contributed by atoms with Gasteiger partial charge in [-0.1, -0.05) is 6.07 Å². The van der Waals surface area contributed by atoms with Gasteiger partial charge >= 0.3 is 5.97 Å². The van der Waals surface area contributed by atoms with Crippen LogP contribution in [0.15, 0.2) is 34.1 Å². The molecule has 2 aromatic rings. The molecule has 2 aromatic heterocycles. The smallest absolute Gasteiger partial charge is 0.373 e. The summed E-state index contributed by atoms with van der Waals surface area (Å²) in [6.45, 7) is 2.73. The van der Waals surface area contributed by atoms with Crippen molar-refractivity contribution in [3.05, 3.63) is 46.0 Å². The Balaban J connectivity index is 1.81. The van der Waals surface area contributed by atoms with Crippen molar-refractivity contribution in [3.8, 4) is 0 Å². The molecule has 1 unspecified atom stereocenters. The highest BCUT2D eigenvalue weighted by Crippen LogP contribution is 2.12. The first-order chi connectivity index (χ1) is 9.19. The van der Waals surface area contributed by atoms with Crippen molar-refractivity contribution in [1.29, 1.82) is 0 Å². The molecule has 2 heterocycles. The van der Waals surface area contributed by atoms with E-state index in [1.165, 1.54) is 12.0 Å². The summed E-state index contributed by atoms with van der Waals surface area (Å²) in [4.78, 5) is 12.6. The third kappa shape index (κ3) is 3.94. The van der Waals surface area contributed by atoms with Crippen molar-refractivity contribution in [3.63, 3.8) is 0 Å². The van der Waals surface area contributed by atoms with E-state index in [4.69, 9.17) is 4.42 Å². The molecule has 0 aliphatic carbocycles. The van der Waals surface area contributed by atoms with Crippen LogP contribution in [0.3, 0.4) is 0 Å². The van der Waals surface area contributed by atoms with Crippen LogP contribution in [0.2, 0.25) is 0 Å². The molecule has 0 bridgehead atoms. The number of rotatable bonds is 6. The van der Waals surface area contributed by atoms with Gasteiger partial charge in [-0.15, -0.1) is 11.3 Å². The lowest BCUT2D eigenvalue weighted by Crippen LogP contribution is -2.27. The second kappa shape index (κ2) is 6.54. The summed E-state index contributed by atoms with van der Waals surface area (Å²) in [7, 11) is 1.34. The number of thiophene rings is 1. The van der Waals surface area contributed by atoms with E-state index in [2.05, 4.69) is 34.5 Å². The van der Waals surface area contributed by atoms with Crippen molar-refractivity contribution >= 4 is 17.3 Å². The zero-order valence-electron chi connectivity index (χ0n) is 11.0. The largest absolute Gasteiger partial charge is 0.463 e. The fraction of sp³-hybridized carbons (Fsp3) is 0.357. The maximum Gasteiger partial charge on any atom is 0.373 e. The average Bonchev–Trinajstić information content (AvgIpc) is 3.06. The van der Waals surface area contributed by atoms with Gasteiger partial charge in [0, 0.05) is 10.9 Å². The predicted octanol–water partition coefficient (Wildman–Crippen LogP) is 2.85. The van der Waals surface area contributed by atoms with Gasteiger partial charge in [0.2, 0.25) is 5.76 Å². The molecule has 0 amide bonds. The van der Waals surface area contributed by atoms with Crippen LogP contribution in [-0.4, -0.2) is 19.1 Å². The number of ether oxygens (including phenoxy) is 1. The molecular formula is C14H17NO3S. The molecule has 1 N–H and O–H groups in total. The van der Waals surface area contributed by atoms with Gasteiger partial charge in [-0.05, 0) is 36.9 Å². The normalized spacial score (nSPS) is 12.3. The monoisotopic (exact) mass is 279 g/mol. The van der Waals surface area contributed by atoms with Crippen LogP contribution in [0.25, 0.3) is 0 Å². The summed E-state index contributed by atoms with van der Waals surface area (Å²) in [5, 5.41) is 5.45. The molecule has 0 saturated carbocycles. The van der Waals surface area contributed by atoms with Crippen molar-refractivity contribution in [1.82, 2.24) is 5.32 Å². The Kier molecular flexibility index (Phi) is 4.76. The van der Waals surface area contributed by atoms with Crippen LogP contribution < -0.4 is 5.32 Å². The lowest BCUT2D eigenvalue weighted by atomic mass is 10.2. The Hall–Kier alpha value is -1.59. The Bertz CT molecular complexity index is 519.